The largest absolute Gasteiger partial charge is 0.478 e. The number of carboxylic acids is 1. The predicted molar refractivity (Wildman–Crippen MR) is 81.5 cm³/mol. The van der Waals surface area contributed by atoms with Gasteiger partial charge in [0.25, 0.3) is 5.91 Å². The number of rotatable bonds is 7. The molecule has 0 saturated carbocycles. The van der Waals surface area contributed by atoms with Gasteiger partial charge in [0, 0.05) is 34.9 Å². The number of hydrogen-bond acceptors (Lipinski definition) is 4. The second kappa shape index (κ2) is 7.96. The lowest BCUT2D eigenvalue weighted by molar-refractivity contribution is -0.131. The van der Waals surface area contributed by atoms with Crippen LogP contribution in [0.1, 0.15) is 28.6 Å². The number of carboxylic acid groups (broad SMARTS) is 1. The van der Waals surface area contributed by atoms with E-state index in [4.69, 9.17) is 5.11 Å². The van der Waals surface area contributed by atoms with Gasteiger partial charge in [0.2, 0.25) is 0 Å². The number of thiophene rings is 1. The summed E-state index contributed by atoms with van der Waals surface area (Å²) in [5.41, 5.74) is 0.585. The first-order valence-corrected chi connectivity index (χ1v) is 8.51. The van der Waals surface area contributed by atoms with Gasteiger partial charge in [0.1, 0.15) is 0 Å². The molecular formula is C13H17NO4S2. The minimum atomic E-state index is -1.05. The van der Waals surface area contributed by atoms with Crippen molar-refractivity contribution in [2.75, 3.05) is 12.8 Å². The van der Waals surface area contributed by atoms with Crippen LogP contribution in [-0.4, -0.2) is 39.2 Å². The summed E-state index contributed by atoms with van der Waals surface area (Å²) in [6.45, 7) is 2.31. The summed E-state index contributed by atoms with van der Waals surface area (Å²) in [4.78, 5) is 22.9. The van der Waals surface area contributed by atoms with Crippen molar-refractivity contribution in [1.82, 2.24) is 5.32 Å². The van der Waals surface area contributed by atoms with Gasteiger partial charge in [-0.25, -0.2) is 4.79 Å². The smallest absolute Gasteiger partial charge is 0.328 e. The highest BCUT2D eigenvalue weighted by Gasteiger charge is 2.12. The SMILES string of the molecule is CC(CCNC(=O)c1sccc1/C=C/C(=O)O)S(C)=O. The molecular weight excluding hydrogens is 298 g/mol. The van der Waals surface area contributed by atoms with Gasteiger partial charge in [-0.2, -0.15) is 0 Å². The van der Waals surface area contributed by atoms with E-state index in [1.807, 2.05) is 6.92 Å². The van der Waals surface area contributed by atoms with Gasteiger partial charge < -0.3 is 10.4 Å². The molecule has 0 aliphatic rings. The summed E-state index contributed by atoms with van der Waals surface area (Å²) in [5.74, 6) is -1.29. The van der Waals surface area contributed by atoms with E-state index in [2.05, 4.69) is 5.32 Å². The summed E-state index contributed by atoms with van der Waals surface area (Å²) in [6.07, 6.45) is 4.68. The molecule has 7 heteroatoms. The van der Waals surface area contributed by atoms with Crippen molar-refractivity contribution >= 4 is 40.1 Å². The molecule has 2 N–H and O–H groups in total. The van der Waals surface area contributed by atoms with Crippen molar-refractivity contribution in [2.24, 2.45) is 0 Å². The molecule has 0 bridgehead atoms. The molecule has 0 spiro atoms. The Bertz CT molecular complexity index is 536. The van der Waals surface area contributed by atoms with Crippen molar-refractivity contribution in [3.63, 3.8) is 0 Å². The topological polar surface area (TPSA) is 83.5 Å². The van der Waals surface area contributed by atoms with Crippen molar-refractivity contribution in [3.8, 4) is 0 Å². The van der Waals surface area contributed by atoms with Crippen molar-refractivity contribution in [3.05, 3.63) is 28.0 Å². The molecule has 2 atom stereocenters. The zero-order valence-electron chi connectivity index (χ0n) is 11.3. The Morgan fingerprint density at radius 1 is 1.55 bits per heavy atom. The second-order valence-electron chi connectivity index (χ2n) is 4.23. The van der Waals surface area contributed by atoms with Crippen LogP contribution >= 0.6 is 11.3 Å². The fourth-order valence-electron chi connectivity index (χ4n) is 1.43. The maximum Gasteiger partial charge on any atom is 0.328 e. The normalized spacial score (nSPS) is 14.1. The van der Waals surface area contributed by atoms with Crippen LogP contribution < -0.4 is 5.32 Å². The molecule has 1 aromatic heterocycles. The Labute approximate surface area is 124 Å². The lowest BCUT2D eigenvalue weighted by Crippen LogP contribution is -2.27. The standard InChI is InChI=1S/C13H17NO4S2/c1-9(20(2)18)5-7-14-13(17)12-10(6-8-19-12)3-4-11(15)16/h3-4,6,8-9H,5,7H2,1-2H3,(H,14,17)(H,15,16)/b4-3+. The van der Waals surface area contributed by atoms with E-state index in [9.17, 15) is 13.8 Å². The molecule has 20 heavy (non-hydrogen) atoms. The zero-order valence-corrected chi connectivity index (χ0v) is 12.9. The van der Waals surface area contributed by atoms with Crippen molar-refractivity contribution < 1.29 is 18.9 Å². The van der Waals surface area contributed by atoms with Gasteiger partial charge in [0.15, 0.2) is 0 Å². The molecule has 1 amide bonds. The highest BCUT2D eigenvalue weighted by molar-refractivity contribution is 7.84. The predicted octanol–water partition coefficient (Wildman–Crippen LogP) is 1.73. The fourth-order valence-corrected chi connectivity index (χ4v) is 2.68. The number of nitrogens with one attached hydrogen (secondary N) is 1. The minimum Gasteiger partial charge on any atom is -0.478 e. The highest BCUT2D eigenvalue weighted by atomic mass is 32.2. The van der Waals surface area contributed by atoms with Crippen LogP contribution in [0.5, 0.6) is 0 Å². The number of carbonyl (C=O) groups is 2. The summed E-state index contributed by atoms with van der Waals surface area (Å²) < 4.78 is 11.2. The van der Waals surface area contributed by atoms with Gasteiger partial charge in [0.05, 0.1) is 4.88 Å². The molecule has 1 aromatic rings. The van der Waals surface area contributed by atoms with Gasteiger partial charge >= 0.3 is 5.97 Å². The molecule has 0 radical (unpaired) electrons. The molecule has 0 fully saturated rings. The average Bonchev–Trinajstić information content (AvgIpc) is 2.84. The lowest BCUT2D eigenvalue weighted by Gasteiger charge is -2.09. The Hall–Kier alpha value is -1.47. The number of hydrogen-bond donors (Lipinski definition) is 2. The van der Waals surface area contributed by atoms with Gasteiger partial charge in [-0.1, -0.05) is 6.92 Å². The second-order valence-corrected chi connectivity index (χ2v) is 6.95. The molecule has 1 rings (SSSR count). The van der Waals surface area contributed by atoms with Crippen LogP contribution in [0, 0.1) is 0 Å². The van der Waals surface area contributed by atoms with Crippen LogP contribution in [0.3, 0.4) is 0 Å². The van der Waals surface area contributed by atoms with E-state index < -0.39 is 16.8 Å². The summed E-state index contributed by atoms with van der Waals surface area (Å²) >= 11 is 1.26. The quantitative estimate of drug-likeness (QED) is 0.751. The van der Waals surface area contributed by atoms with E-state index in [1.165, 1.54) is 17.4 Å². The first-order chi connectivity index (χ1) is 9.41. The van der Waals surface area contributed by atoms with E-state index in [-0.39, 0.29) is 11.2 Å². The van der Waals surface area contributed by atoms with Gasteiger partial charge in [-0.3, -0.25) is 9.00 Å². The van der Waals surface area contributed by atoms with Crippen molar-refractivity contribution in [2.45, 2.75) is 18.6 Å². The van der Waals surface area contributed by atoms with Crippen LogP contribution in [0.2, 0.25) is 0 Å². The summed E-state index contributed by atoms with van der Waals surface area (Å²) in [5, 5.41) is 13.1. The third-order valence-electron chi connectivity index (χ3n) is 2.71. The van der Waals surface area contributed by atoms with E-state index >= 15 is 0 Å². The Morgan fingerprint density at radius 2 is 2.25 bits per heavy atom. The molecule has 0 aliphatic carbocycles. The van der Waals surface area contributed by atoms with Gasteiger partial charge in [-0.15, -0.1) is 11.3 Å². The van der Waals surface area contributed by atoms with E-state index in [0.29, 0.717) is 23.4 Å². The minimum absolute atomic E-state index is 0.0324. The molecule has 0 aromatic carbocycles. The zero-order chi connectivity index (χ0) is 15.1. The first-order valence-electron chi connectivity index (χ1n) is 6.00. The van der Waals surface area contributed by atoms with Crippen LogP contribution in [0.25, 0.3) is 6.08 Å². The fraction of sp³-hybridized carbons (Fsp3) is 0.385. The maximum absolute atomic E-state index is 12.0. The monoisotopic (exact) mass is 315 g/mol. The Balaban J connectivity index is 2.58. The molecule has 0 saturated heterocycles. The lowest BCUT2D eigenvalue weighted by atomic mass is 10.2. The third kappa shape index (κ3) is 5.26. The van der Waals surface area contributed by atoms with Crippen LogP contribution in [0.4, 0.5) is 0 Å². The molecule has 1 heterocycles. The maximum atomic E-state index is 12.0. The van der Waals surface area contributed by atoms with E-state index in [0.717, 1.165) is 6.08 Å². The summed E-state index contributed by atoms with van der Waals surface area (Å²) in [6, 6.07) is 1.70. The molecule has 2 unspecified atom stereocenters. The molecule has 5 nitrogen and oxygen atoms in total. The number of aliphatic carboxylic acids is 1. The number of amides is 1. The Morgan fingerprint density at radius 3 is 2.85 bits per heavy atom. The van der Waals surface area contributed by atoms with Crippen LogP contribution in [0.15, 0.2) is 17.5 Å². The number of carbonyl (C=O) groups excluding carboxylic acids is 1. The first kappa shape index (κ1) is 16.6. The van der Waals surface area contributed by atoms with E-state index in [1.54, 1.807) is 17.7 Å². The highest BCUT2D eigenvalue weighted by Crippen LogP contribution is 2.18. The average molecular weight is 315 g/mol. The molecule has 0 aliphatic heterocycles. The molecule has 110 valence electrons. The summed E-state index contributed by atoms with van der Waals surface area (Å²) in [7, 11) is -0.900. The Kier molecular flexibility index (Phi) is 6.60. The third-order valence-corrected chi connectivity index (χ3v) is 5.01. The van der Waals surface area contributed by atoms with Gasteiger partial charge in [-0.05, 0) is 29.5 Å². The van der Waals surface area contributed by atoms with Crippen LogP contribution in [-0.2, 0) is 15.6 Å². The van der Waals surface area contributed by atoms with Crippen molar-refractivity contribution in [1.29, 1.82) is 0 Å².